The van der Waals surface area contributed by atoms with Gasteiger partial charge in [-0.1, -0.05) is 29.4 Å². The molecule has 0 saturated carbocycles. The van der Waals surface area contributed by atoms with Crippen LogP contribution in [0.2, 0.25) is 0 Å². The Morgan fingerprint density at radius 3 is 2.78 bits per heavy atom. The van der Waals surface area contributed by atoms with Crippen LogP contribution in [0.5, 0.6) is 5.75 Å². The highest BCUT2D eigenvalue weighted by Crippen LogP contribution is 2.22. The van der Waals surface area contributed by atoms with Gasteiger partial charge in [0.1, 0.15) is 12.4 Å². The van der Waals surface area contributed by atoms with Crippen molar-refractivity contribution in [2.24, 2.45) is 0 Å². The van der Waals surface area contributed by atoms with Crippen molar-refractivity contribution < 1.29 is 14.1 Å². The predicted molar refractivity (Wildman–Crippen MR) is 105 cm³/mol. The van der Waals surface area contributed by atoms with Crippen molar-refractivity contribution in [3.8, 4) is 16.5 Å². The number of thiophene rings is 1. The van der Waals surface area contributed by atoms with Crippen LogP contribution >= 0.6 is 11.3 Å². The smallest absolute Gasteiger partial charge is 0.226 e. The molecular weight excluding hydrogens is 362 g/mol. The Morgan fingerprint density at radius 2 is 2.04 bits per heavy atom. The zero-order valence-corrected chi connectivity index (χ0v) is 16.3. The highest BCUT2D eigenvalue weighted by Gasteiger charge is 2.10. The lowest BCUT2D eigenvalue weighted by Gasteiger charge is -2.12. The van der Waals surface area contributed by atoms with Crippen LogP contribution in [0.25, 0.3) is 10.7 Å². The van der Waals surface area contributed by atoms with Crippen LogP contribution in [0.3, 0.4) is 0 Å². The molecular formula is C20H23N3O3S. The van der Waals surface area contributed by atoms with E-state index in [4.69, 9.17) is 9.26 Å². The molecule has 3 rings (SSSR count). The number of hydrogen-bond donors (Lipinski definition) is 1. The molecule has 1 amide bonds. The van der Waals surface area contributed by atoms with Gasteiger partial charge in [0, 0.05) is 12.8 Å². The van der Waals surface area contributed by atoms with E-state index < -0.39 is 0 Å². The maximum atomic E-state index is 11.9. The SMILES string of the molecule is Cc1cccc(C)c1OCCNC(=O)CCCc1nc(-c2cccs2)no1. The number of nitrogens with zero attached hydrogens (tertiary/aromatic N) is 2. The average Bonchev–Trinajstić information content (AvgIpc) is 3.32. The first-order valence-electron chi connectivity index (χ1n) is 8.95. The molecule has 2 heterocycles. The van der Waals surface area contributed by atoms with Crippen LogP contribution in [0.1, 0.15) is 29.9 Å². The Morgan fingerprint density at radius 1 is 1.22 bits per heavy atom. The maximum Gasteiger partial charge on any atom is 0.226 e. The standard InChI is InChI=1S/C20H23N3O3S/c1-14-6-3-7-15(2)19(14)25-12-11-21-17(24)9-4-10-18-22-20(23-26-18)16-8-5-13-27-16/h3,5-8,13H,4,9-12H2,1-2H3,(H,21,24). The van der Waals surface area contributed by atoms with Crippen molar-refractivity contribution in [3.63, 3.8) is 0 Å². The zero-order valence-electron chi connectivity index (χ0n) is 15.5. The largest absolute Gasteiger partial charge is 0.491 e. The van der Waals surface area contributed by atoms with Crippen LogP contribution < -0.4 is 10.1 Å². The topological polar surface area (TPSA) is 77.2 Å². The molecule has 0 aliphatic carbocycles. The van der Waals surface area contributed by atoms with Gasteiger partial charge in [0.25, 0.3) is 0 Å². The highest BCUT2D eigenvalue weighted by molar-refractivity contribution is 7.13. The zero-order chi connectivity index (χ0) is 19.1. The lowest BCUT2D eigenvalue weighted by molar-refractivity contribution is -0.121. The fraction of sp³-hybridized carbons (Fsp3) is 0.350. The second kappa shape index (κ2) is 9.32. The van der Waals surface area contributed by atoms with Gasteiger partial charge in [-0.05, 0) is 42.8 Å². The lowest BCUT2D eigenvalue weighted by Crippen LogP contribution is -2.28. The number of ether oxygens (including phenoxy) is 1. The molecule has 3 aromatic rings. The molecule has 0 fully saturated rings. The van der Waals surface area contributed by atoms with Crippen molar-refractivity contribution in [3.05, 3.63) is 52.7 Å². The number of carbonyl (C=O) groups excluding carboxylic acids is 1. The fourth-order valence-electron chi connectivity index (χ4n) is 2.72. The second-order valence-electron chi connectivity index (χ2n) is 6.26. The third-order valence-electron chi connectivity index (χ3n) is 4.08. The van der Waals surface area contributed by atoms with Crippen LogP contribution in [-0.2, 0) is 11.2 Å². The van der Waals surface area contributed by atoms with Crippen molar-refractivity contribution in [1.29, 1.82) is 0 Å². The van der Waals surface area contributed by atoms with E-state index in [2.05, 4.69) is 15.5 Å². The van der Waals surface area contributed by atoms with Gasteiger partial charge in [-0.15, -0.1) is 11.3 Å². The minimum Gasteiger partial charge on any atom is -0.491 e. The summed E-state index contributed by atoms with van der Waals surface area (Å²) in [5, 5.41) is 8.82. The number of amides is 1. The molecule has 1 aromatic carbocycles. The van der Waals surface area contributed by atoms with Crippen LogP contribution in [-0.4, -0.2) is 29.2 Å². The first-order valence-corrected chi connectivity index (χ1v) is 9.83. The second-order valence-corrected chi connectivity index (χ2v) is 7.21. The van der Waals surface area contributed by atoms with Gasteiger partial charge in [-0.3, -0.25) is 4.79 Å². The van der Waals surface area contributed by atoms with E-state index in [-0.39, 0.29) is 5.91 Å². The van der Waals surface area contributed by atoms with E-state index in [1.54, 1.807) is 11.3 Å². The van der Waals surface area contributed by atoms with Gasteiger partial charge in [0.15, 0.2) is 0 Å². The number of benzene rings is 1. The number of carbonyl (C=O) groups is 1. The van der Waals surface area contributed by atoms with Gasteiger partial charge in [-0.25, -0.2) is 0 Å². The maximum absolute atomic E-state index is 11.9. The first kappa shape index (κ1) is 19.1. The van der Waals surface area contributed by atoms with E-state index in [0.717, 1.165) is 21.8 Å². The Balaban J connectivity index is 1.33. The predicted octanol–water partition coefficient (Wildman–Crippen LogP) is 3.93. The molecule has 0 aliphatic heterocycles. The minimum absolute atomic E-state index is 0.00176. The van der Waals surface area contributed by atoms with Crippen LogP contribution in [0.4, 0.5) is 0 Å². The molecule has 142 valence electrons. The lowest BCUT2D eigenvalue weighted by atomic mass is 10.1. The molecule has 7 heteroatoms. The molecule has 0 saturated heterocycles. The average molecular weight is 385 g/mol. The van der Waals surface area contributed by atoms with Gasteiger partial charge in [-0.2, -0.15) is 4.98 Å². The Labute approximate surface area is 162 Å². The molecule has 6 nitrogen and oxygen atoms in total. The monoisotopic (exact) mass is 385 g/mol. The molecule has 1 N–H and O–H groups in total. The summed E-state index contributed by atoms with van der Waals surface area (Å²) >= 11 is 1.57. The normalized spacial score (nSPS) is 10.7. The number of nitrogens with one attached hydrogen (secondary N) is 1. The minimum atomic E-state index is -0.00176. The van der Waals surface area contributed by atoms with Crippen LogP contribution in [0.15, 0.2) is 40.2 Å². The molecule has 27 heavy (non-hydrogen) atoms. The molecule has 0 aliphatic rings. The first-order chi connectivity index (χ1) is 13.1. The molecule has 0 radical (unpaired) electrons. The quantitative estimate of drug-likeness (QED) is 0.565. The highest BCUT2D eigenvalue weighted by atomic mass is 32.1. The summed E-state index contributed by atoms with van der Waals surface area (Å²) < 4.78 is 11.0. The van der Waals surface area contributed by atoms with E-state index in [1.807, 2.05) is 49.6 Å². The molecule has 0 atom stereocenters. The summed E-state index contributed by atoms with van der Waals surface area (Å²) in [6.45, 7) is 4.96. The Hall–Kier alpha value is -2.67. The summed E-state index contributed by atoms with van der Waals surface area (Å²) in [5.41, 5.74) is 2.20. The van der Waals surface area contributed by atoms with Gasteiger partial charge < -0.3 is 14.6 Å². The summed E-state index contributed by atoms with van der Waals surface area (Å²) in [6.07, 6.45) is 1.67. The van der Waals surface area contributed by atoms with Gasteiger partial charge in [0.2, 0.25) is 17.6 Å². The van der Waals surface area contributed by atoms with E-state index in [0.29, 0.717) is 44.1 Å². The van der Waals surface area contributed by atoms with Crippen molar-refractivity contribution in [2.45, 2.75) is 33.1 Å². The number of para-hydroxylation sites is 1. The van der Waals surface area contributed by atoms with Gasteiger partial charge in [0.05, 0.1) is 11.4 Å². The Kier molecular flexibility index (Phi) is 6.59. The summed E-state index contributed by atoms with van der Waals surface area (Å²) in [7, 11) is 0. The van der Waals surface area contributed by atoms with Crippen molar-refractivity contribution >= 4 is 17.2 Å². The summed E-state index contributed by atoms with van der Waals surface area (Å²) in [6, 6.07) is 9.94. The van der Waals surface area contributed by atoms with Crippen LogP contribution in [0, 0.1) is 13.8 Å². The fourth-order valence-corrected chi connectivity index (χ4v) is 3.37. The molecule has 0 spiro atoms. The summed E-state index contributed by atoms with van der Waals surface area (Å²) in [4.78, 5) is 17.3. The number of aryl methyl sites for hydroxylation is 3. The van der Waals surface area contributed by atoms with E-state index in [1.165, 1.54) is 0 Å². The van der Waals surface area contributed by atoms with Gasteiger partial charge >= 0.3 is 0 Å². The molecule has 2 aromatic heterocycles. The number of aromatic nitrogens is 2. The van der Waals surface area contributed by atoms with Crippen molar-refractivity contribution in [2.75, 3.05) is 13.2 Å². The molecule has 0 bridgehead atoms. The molecule has 0 unspecified atom stereocenters. The third kappa shape index (κ3) is 5.40. The van der Waals surface area contributed by atoms with Crippen molar-refractivity contribution in [1.82, 2.24) is 15.5 Å². The Bertz CT molecular complexity index is 854. The van der Waals surface area contributed by atoms with E-state index >= 15 is 0 Å². The number of rotatable bonds is 9. The third-order valence-corrected chi connectivity index (χ3v) is 4.95. The summed E-state index contributed by atoms with van der Waals surface area (Å²) in [5.74, 6) is 2.06. The van der Waals surface area contributed by atoms with E-state index in [9.17, 15) is 4.79 Å². The number of hydrogen-bond acceptors (Lipinski definition) is 6.